The van der Waals surface area contributed by atoms with Crippen molar-refractivity contribution in [3.05, 3.63) is 33.8 Å². The van der Waals surface area contributed by atoms with Crippen molar-refractivity contribution in [2.75, 3.05) is 19.7 Å². The summed E-state index contributed by atoms with van der Waals surface area (Å²) in [6.45, 7) is 2.96. The minimum atomic E-state index is -0.931. The van der Waals surface area contributed by atoms with Crippen molar-refractivity contribution in [1.29, 1.82) is 0 Å². The Morgan fingerprint density at radius 3 is 2.82 bits per heavy atom. The first-order valence-electron chi connectivity index (χ1n) is 9.46. The summed E-state index contributed by atoms with van der Waals surface area (Å²) in [6, 6.07) is 3.99. The van der Waals surface area contributed by atoms with Gasteiger partial charge in [-0.1, -0.05) is 29.3 Å². The molecule has 4 N–H and O–H groups in total. The third-order valence-corrected chi connectivity index (χ3v) is 6.34. The van der Waals surface area contributed by atoms with Crippen molar-refractivity contribution in [1.82, 2.24) is 15.1 Å². The van der Waals surface area contributed by atoms with E-state index < -0.39 is 18.6 Å². The Kier molecular flexibility index (Phi) is 6.83. The SMILES string of the molecule is CC1CCN([C@H](CO)C(=O)NCc2ccc(Cl)c(Cl)c2)C(=O)[C@@H]2C[C@@H](N)CN12. The summed E-state index contributed by atoms with van der Waals surface area (Å²) >= 11 is 11.9. The molecule has 2 fully saturated rings. The molecule has 0 radical (unpaired) electrons. The van der Waals surface area contributed by atoms with Crippen molar-refractivity contribution < 1.29 is 14.7 Å². The second-order valence-corrected chi connectivity index (χ2v) is 8.36. The van der Waals surface area contributed by atoms with Crippen LogP contribution in [0.3, 0.4) is 0 Å². The predicted molar refractivity (Wildman–Crippen MR) is 108 cm³/mol. The van der Waals surface area contributed by atoms with E-state index in [1.54, 1.807) is 18.2 Å². The van der Waals surface area contributed by atoms with Crippen molar-refractivity contribution in [3.8, 4) is 0 Å². The van der Waals surface area contributed by atoms with Crippen LogP contribution in [0.1, 0.15) is 25.3 Å². The standard InChI is InChI=1S/C19H26Cl2N4O3/c1-11-4-5-24(19(28)16-7-13(22)9-25(11)16)17(10-26)18(27)23-8-12-2-3-14(20)15(21)6-12/h2-3,6,11,13,16-17,26H,4-5,7-10,22H2,1H3,(H,23,27)/t11?,13-,16+,17-/m1/s1. The smallest absolute Gasteiger partial charge is 0.245 e. The average molecular weight is 429 g/mol. The summed E-state index contributed by atoms with van der Waals surface area (Å²) in [4.78, 5) is 29.4. The maximum atomic E-state index is 13.1. The molecular formula is C19H26Cl2N4O3. The molecule has 2 saturated heterocycles. The lowest BCUT2D eigenvalue weighted by Gasteiger charge is -2.31. The molecule has 4 atom stereocenters. The molecule has 7 nitrogen and oxygen atoms in total. The zero-order valence-electron chi connectivity index (χ0n) is 15.8. The van der Waals surface area contributed by atoms with Crippen LogP contribution in [0.25, 0.3) is 0 Å². The summed E-state index contributed by atoms with van der Waals surface area (Å²) in [5.41, 5.74) is 6.84. The highest BCUT2D eigenvalue weighted by Crippen LogP contribution is 2.27. The third-order valence-electron chi connectivity index (χ3n) is 5.60. The van der Waals surface area contributed by atoms with E-state index >= 15 is 0 Å². The van der Waals surface area contributed by atoms with Gasteiger partial charge in [-0.25, -0.2) is 0 Å². The van der Waals surface area contributed by atoms with Gasteiger partial charge < -0.3 is 21.1 Å². The average Bonchev–Trinajstić information content (AvgIpc) is 3.02. The predicted octanol–water partition coefficient (Wildman–Crippen LogP) is 0.993. The lowest BCUT2D eigenvalue weighted by atomic mass is 10.1. The number of benzene rings is 1. The van der Waals surface area contributed by atoms with E-state index in [4.69, 9.17) is 28.9 Å². The van der Waals surface area contributed by atoms with Gasteiger partial charge in [-0.2, -0.15) is 0 Å². The molecule has 0 aromatic heterocycles. The van der Waals surface area contributed by atoms with Gasteiger partial charge in [0.2, 0.25) is 11.8 Å². The van der Waals surface area contributed by atoms with E-state index in [9.17, 15) is 14.7 Å². The van der Waals surface area contributed by atoms with Crippen LogP contribution in [0.5, 0.6) is 0 Å². The molecule has 154 valence electrons. The highest BCUT2D eigenvalue weighted by molar-refractivity contribution is 6.42. The fourth-order valence-corrected chi connectivity index (χ4v) is 4.33. The maximum Gasteiger partial charge on any atom is 0.245 e. The minimum Gasteiger partial charge on any atom is -0.394 e. The zero-order valence-corrected chi connectivity index (χ0v) is 17.3. The number of hydrogen-bond acceptors (Lipinski definition) is 5. The number of halogens is 2. The van der Waals surface area contributed by atoms with E-state index in [1.165, 1.54) is 4.90 Å². The van der Waals surface area contributed by atoms with Gasteiger partial charge in [0, 0.05) is 31.7 Å². The van der Waals surface area contributed by atoms with Gasteiger partial charge in [0.25, 0.3) is 0 Å². The molecule has 2 aliphatic rings. The van der Waals surface area contributed by atoms with Crippen LogP contribution in [-0.4, -0.2) is 70.6 Å². The molecule has 2 amide bonds. The summed E-state index contributed by atoms with van der Waals surface area (Å²) < 4.78 is 0. The summed E-state index contributed by atoms with van der Waals surface area (Å²) in [5.74, 6) is -0.536. The number of nitrogens with two attached hydrogens (primary N) is 1. The Morgan fingerprint density at radius 1 is 1.39 bits per heavy atom. The molecule has 0 spiro atoms. The van der Waals surface area contributed by atoms with Crippen LogP contribution < -0.4 is 11.1 Å². The largest absolute Gasteiger partial charge is 0.394 e. The number of rotatable bonds is 5. The van der Waals surface area contributed by atoms with E-state index in [-0.39, 0.29) is 30.6 Å². The van der Waals surface area contributed by atoms with Crippen molar-refractivity contribution >= 4 is 35.0 Å². The minimum absolute atomic E-state index is 0.0487. The monoisotopic (exact) mass is 428 g/mol. The Labute approximate surface area is 174 Å². The van der Waals surface area contributed by atoms with Crippen LogP contribution in [0.2, 0.25) is 10.0 Å². The fraction of sp³-hybridized carbons (Fsp3) is 0.579. The second-order valence-electron chi connectivity index (χ2n) is 7.54. The van der Waals surface area contributed by atoms with E-state index in [1.807, 2.05) is 0 Å². The number of nitrogens with one attached hydrogen (secondary N) is 1. The highest BCUT2D eigenvalue weighted by Gasteiger charge is 2.44. The highest BCUT2D eigenvalue weighted by atomic mass is 35.5. The van der Waals surface area contributed by atoms with Crippen molar-refractivity contribution in [2.24, 2.45) is 5.73 Å². The van der Waals surface area contributed by atoms with Gasteiger partial charge in [0.1, 0.15) is 6.04 Å². The summed E-state index contributed by atoms with van der Waals surface area (Å²) in [5, 5.41) is 13.5. The lowest BCUT2D eigenvalue weighted by Crippen LogP contribution is -2.54. The van der Waals surface area contributed by atoms with Crippen LogP contribution in [0.4, 0.5) is 0 Å². The van der Waals surface area contributed by atoms with Gasteiger partial charge in [-0.05, 0) is 37.5 Å². The quantitative estimate of drug-likeness (QED) is 0.649. The fourth-order valence-electron chi connectivity index (χ4n) is 4.01. The number of carbonyl (C=O) groups is 2. The Morgan fingerprint density at radius 2 is 2.14 bits per heavy atom. The number of hydrogen-bond donors (Lipinski definition) is 3. The first-order chi connectivity index (χ1) is 13.3. The molecule has 2 aliphatic heterocycles. The van der Waals surface area contributed by atoms with E-state index in [0.29, 0.717) is 29.6 Å². The van der Waals surface area contributed by atoms with Gasteiger partial charge in [0.15, 0.2) is 0 Å². The van der Waals surface area contributed by atoms with Crippen molar-refractivity contribution in [2.45, 2.75) is 50.5 Å². The zero-order chi connectivity index (χ0) is 20.4. The van der Waals surface area contributed by atoms with Gasteiger partial charge >= 0.3 is 0 Å². The number of fused-ring (bicyclic) bond motifs is 1. The molecule has 3 rings (SSSR count). The summed E-state index contributed by atoms with van der Waals surface area (Å²) in [6.07, 6.45) is 1.30. The molecular weight excluding hydrogens is 403 g/mol. The lowest BCUT2D eigenvalue weighted by molar-refractivity contribution is -0.144. The Hall–Kier alpha value is -1.38. The van der Waals surface area contributed by atoms with E-state index in [2.05, 4.69) is 17.1 Å². The van der Waals surface area contributed by atoms with Crippen molar-refractivity contribution in [3.63, 3.8) is 0 Å². The Bertz CT molecular complexity index is 748. The molecule has 2 heterocycles. The number of aliphatic hydroxyl groups is 1. The van der Waals surface area contributed by atoms with Crippen LogP contribution >= 0.6 is 23.2 Å². The number of aliphatic hydroxyl groups excluding tert-OH is 1. The molecule has 0 aliphatic carbocycles. The van der Waals surface area contributed by atoms with Gasteiger partial charge in [-0.15, -0.1) is 0 Å². The van der Waals surface area contributed by atoms with Crippen LogP contribution in [0, 0.1) is 0 Å². The second kappa shape index (κ2) is 8.97. The number of nitrogens with zero attached hydrogens (tertiary/aromatic N) is 2. The topological polar surface area (TPSA) is 98.9 Å². The molecule has 1 aromatic carbocycles. The van der Waals surface area contributed by atoms with Gasteiger partial charge in [0.05, 0.1) is 22.7 Å². The molecule has 9 heteroatoms. The molecule has 28 heavy (non-hydrogen) atoms. The van der Waals surface area contributed by atoms with Crippen LogP contribution in [-0.2, 0) is 16.1 Å². The first-order valence-corrected chi connectivity index (χ1v) is 10.2. The number of amides is 2. The normalized spacial score (nSPS) is 26.7. The molecule has 0 bridgehead atoms. The molecule has 1 unspecified atom stereocenters. The van der Waals surface area contributed by atoms with Crippen LogP contribution in [0.15, 0.2) is 18.2 Å². The number of carbonyl (C=O) groups excluding carboxylic acids is 2. The molecule has 0 saturated carbocycles. The third kappa shape index (κ3) is 4.44. The van der Waals surface area contributed by atoms with E-state index in [0.717, 1.165) is 12.0 Å². The summed E-state index contributed by atoms with van der Waals surface area (Å²) in [7, 11) is 0. The molecule has 1 aromatic rings. The Balaban J connectivity index is 1.69. The maximum absolute atomic E-state index is 13.1. The van der Waals surface area contributed by atoms with Gasteiger partial charge in [-0.3, -0.25) is 14.5 Å². The first kappa shape index (κ1) is 21.3.